The van der Waals surface area contributed by atoms with Crippen LogP contribution in [0.5, 0.6) is 0 Å². The van der Waals surface area contributed by atoms with Gasteiger partial charge in [0.05, 0.1) is 5.56 Å². The molecule has 0 unspecified atom stereocenters. The number of carbonyl (C=O) groups excluding carboxylic acids is 2. The van der Waals surface area contributed by atoms with Crippen LogP contribution in [0.15, 0.2) is 6.07 Å². The summed E-state index contributed by atoms with van der Waals surface area (Å²) in [5, 5.41) is 0. The lowest BCUT2D eigenvalue weighted by Gasteiger charge is -2.23. The van der Waals surface area contributed by atoms with E-state index in [2.05, 4.69) is 13.8 Å². The highest BCUT2D eigenvalue weighted by atomic mass is 16.2. The van der Waals surface area contributed by atoms with Gasteiger partial charge in [0.15, 0.2) is 0 Å². The third-order valence-electron chi connectivity index (χ3n) is 4.72. The van der Waals surface area contributed by atoms with Gasteiger partial charge in [-0.05, 0) is 32.3 Å². The Morgan fingerprint density at radius 2 is 1.70 bits per heavy atom. The monoisotopic (exact) mass is 319 g/mol. The van der Waals surface area contributed by atoms with Gasteiger partial charge in [0.1, 0.15) is 0 Å². The van der Waals surface area contributed by atoms with Gasteiger partial charge in [-0.2, -0.15) is 0 Å². The molecule has 1 aliphatic rings. The molecule has 1 aromatic rings. The van der Waals surface area contributed by atoms with Crippen LogP contribution in [0.3, 0.4) is 0 Å². The highest BCUT2D eigenvalue weighted by Gasteiger charge is 2.25. The standard InChI is InChI=1S/C18H29N3O2/c1-13(2)11-17(22)20-7-6-8-21(10-9-20)18(23)16-12-14(3)19(5)15(16)4/h12-13H,6-11H2,1-5H3. The quantitative estimate of drug-likeness (QED) is 0.858. The van der Waals surface area contributed by atoms with Crippen molar-refractivity contribution in [3.8, 4) is 0 Å². The zero-order valence-electron chi connectivity index (χ0n) is 15.1. The van der Waals surface area contributed by atoms with E-state index < -0.39 is 0 Å². The van der Waals surface area contributed by atoms with Crippen LogP contribution < -0.4 is 0 Å². The largest absolute Gasteiger partial charge is 0.351 e. The first-order chi connectivity index (χ1) is 10.8. The molecule has 0 saturated carbocycles. The van der Waals surface area contributed by atoms with Crippen LogP contribution >= 0.6 is 0 Å². The minimum Gasteiger partial charge on any atom is -0.351 e. The van der Waals surface area contributed by atoms with Crippen LogP contribution in [0.25, 0.3) is 0 Å². The molecule has 0 N–H and O–H groups in total. The Bertz CT molecular complexity index is 589. The van der Waals surface area contributed by atoms with Crippen molar-refractivity contribution in [2.24, 2.45) is 13.0 Å². The number of amides is 2. The van der Waals surface area contributed by atoms with Crippen LogP contribution in [-0.2, 0) is 11.8 Å². The lowest BCUT2D eigenvalue weighted by molar-refractivity contribution is -0.131. The van der Waals surface area contributed by atoms with Gasteiger partial charge in [-0.3, -0.25) is 9.59 Å². The second-order valence-electron chi connectivity index (χ2n) is 6.97. The van der Waals surface area contributed by atoms with E-state index in [9.17, 15) is 9.59 Å². The first kappa shape index (κ1) is 17.6. The molecule has 2 heterocycles. The maximum Gasteiger partial charge on any atom is 0.255 e. The van der Waals surface area contributed by atoms with E-state index in [0.29, 0.717) is 25.4 Å². The van der Waals surface area contributed by atoms with E-state index in [4.69, 9.17) is 0 Å². The molecule has 0 bridgehead atoms. The number of hydrogen-bond acceptors (Lipinski definition) is 2. The first-order valence-electron chi connectivity index (χ1n) is 8.51. The molecular formula is C18H29N3O2. The highest BCUT2D eigenvalue weighted by molar-refractivity contribution is 5.95. The second-order valence-corrected chi connectivity index (χ2v) is 6.97. The Hall–Kier alpha value is -1.78. The van der Waals surface area contributed by atoms with Gasteiger partial charge in [0, 0.05) is 51.0 Å². The Morgan fingerprint density at radius 3 is 2.26 bits per heavy atom. The molecule has 2 rings (SSSR count). The van der Waals surface area contributed by atoms with Crippen molar-refractivity contribution in [2.75, 3.05) is 26.2 Å². The van der Waals surface area contributed by atoms with Crippen LogP contribution in [0, 0.1) is 19.8 Å². The van der Waals surface area contributed by atoms with E-state index in [1.54, 1.807) is 0 Å². The summed E-state index contributed by atoms with van der Waals surface area (Å²) in [5.74, 6) is 0.670. The second kappa shape index (κ2) is 7.20. The van der Waals surface area contributed by atoms with E-state index in [0.717, 1.165) is 36.5 Å². The summed E-state index contributed by atoms with van der Waals surface area (Å²) in [6, 6.07) is 1.96. The molecule has 5 heteroatoms. The molecule has 1 aliphatic heterocycles. The van der Waals surface area contributed by atoms with Gasteiger partial charge in [-0.1, -0.05) is 13.8 Å². The van der Waals surface area contributed by atoms with Crippen LogP contribution in [0.2, 0.25) is 0 Å². The average Bonchev–Trinajstić information content (AvgIpc) is 2.71. The normalized spacial score (nSPS) is 15.9. The summed E-state index contributed by atoms with van der Waals surface area (Å²) >= 11 is 0. The fourth-order valence-electron chi connectivity index (χ4n) is 3.09. The van der Waals surface area contributed by atoms with Gasteiger partial charge in [0.25, 0.3) is 5.91 Å². The Kier molecular flexibility index (Phi) is 5.50. The van der Waals surface area contributed by atoms with Crippen molar-refractivity contribution < 1.29 is 9.59 Å². The van der Waals surface area contributed by atoms with Gasteiger partial charge in [-0.25, -0.2) is 0 Å². The van der Waals surface area contributed by atoms with Crippen molar-refractivity contribution in [2.45, 2.75) is 40.5 Å². The number of aromatic nitrogens is 1. The van der Waals surface area contributed by atoms with E-state index in [-0.39, 0.29) is 11.8 Å². The number of carbonyl (C=O) groups is 2. The molecule has 5 nitrogen and oxygen atoms in total. The molecule has 0 radical (unpaired) electrons. The average molecular weight is 319 g/mol. The van der Waals surface area contributed by atoms with E-state index in [1.165, 1.54) is 0 Å². The summed E-state index contributed by atoms with van der Waals surface area (Å²) < 4.78 is 2.05. The predicted molar refractivity (Wildman–Crippen MR) is 91.4 cm³/mol. The van der Waals surface area contributed by atoms with Gasteiger partial charge in [-0.15, -0.1) is 0 Å². The summed E-state index contributed by atoms with van der Waals surface area (Å²) in [4.78, 5) is 28.8. The third kappa shape index (κ3) is 3.95. The lowest BCUT2D eigenvalue weighted by atomic mass is 10.1. The van der Waals surface area contributed by atoms with Crippen molar-refractivity contribution in [3.05, 3.63) is 23.0 Å². The molecule has 0 atom stereocenters. The maximum absolute atomic E-state index is 12.8. The molecule has 2 amide bonds. The number of aryl methyl sites for hydroxylation is 1. The SMILES string of the molecule is Cc1cc(C(=O)N2CCCN(C(=O)CC(C)C)CC2)c(C)n1C. The zero-order chi connectivity index (χ0) is 17.1. The third-order valence-corrected chi connectivity index (χ3v) is 4.72. The van der Waals surface area contributed by atoms with Crippen LogP contribution in [0.1, 0.15) is 48.4 Å². The Morgan fingerprint density at radius 1 is 1.09 bits per heavy atom. The van der Waals surface area contributed by atoms with Crippen LogP contribution in [0.4, 0.5) is 0 Å². The van der Waals surface area contributed by atoms with Gasteiger partial charge in [0.2, 0.25) is 5.91 Å². The van der Waals surface area contributed by atoms with Crippen molar-refractivity contribution in [3.63, 3.8) is 0 Å². The Balaban J connectivity index is 2.04. The lowest BCUT2D eigenvalue weighted by Crippen LogP contribution is -2.37. The first-order valence-corrected chi connectivity index (χ1v) is 8.51. The fourth-order valence-corrected chi connectivity index (χ4v) is 3.09. The molecule has 1 fully saturated rings. The molecule has 1 aromatic heterocycles. The van der Waals surface area contributed by atoms with Crippen molar-refractivity contribution in [1.82, 2.24) is 14.4 Å². The smallest absolute Gasteiger partial charge is 0.255 e. The summed E-state index contributed by atoms with van der Waals surface area (Å²) in [5.41, 5.74) is 2.88. The van der Waals surface area contributed by atoms with Crippen molar-refractivity contribution in [1.29, 1.82) is 0 Å². The molecule has 0 aliphatic carbocycles. The van der Waals surface area contributed by atoms with Crippen LogP contribution in [-0.4, -0.2) is 52.4 Å². The fraction of sp³-hybridized carbons (Fsp3) is 0.667. The van der Waals surface area contributed by atoms with Crippen molar-refractivity contribution >= 4 is 11.8 Å². The van der Waals surface area contributed by atoms with E-state index in [1.807, 2.05) is 41.3 Å². The topological polar surface area (TPSA) is 45.6 Å². The number of nitrogens with zero attached hydrogens (tertiary/aromatic N) is 3. The summed E-state index contributed by atoms with van der Waals surface area (Å²) in [6.07, 6.45) is 1.44. The minimum atomic E-state index is 0.0874. The molecule has 128 valence electrons. The molecular weight excluding hydrogens is 290 g/mol. The zero-order valence-corrected chi connectivity index (χ0v) is 15.1. The molecule has 1 saturated heterocycles. The molecule has 23 heavy (non-hydrogen) atoms. The van der Waals surface area contributed by atoms with E-state index >= 15 is 0 Å². The molecule has 0 aromatic carbocycles. The number of hydrogen-bond donors (Lipinski definition) is 0. The van der Waals surface area contributed by atoms with Gasteiger partial charge >= 0.3 is 0 Å². The summed E-state index contributed by atoms with van der Waals surface area (Å²) in [7, 11) is 1.98. The number of rotatable bonds is 3. The van der Waals surface area contributed by atoms with Gasteiger partial charge < -0.3 is 14.4 Å². The maximum atomic E-state index is 12.8. The highest BCUT2D eigenvalue weighted by Crippen LogP contribution is 2.17. The predicted octanol–water partition coefficient (Wildman–Crippen LogP) is 2.36. The Labute approximate surface area is 139 Å². The molecule has 0 spiro atoms. The minimum absolute atomic E-state index is 0.0874. The summed E-state index contributed by atoms with van der Waals surface area (Å²) in [6.45, 7) is 10.9.